The van der Waals surface area contributed by atoms with Gasteiger partial charge in [0.15, 0.2) is 0 Å². The predicted octanol–water partition coefficient (Wildman–Crippen LogP) is 0.285. The number of aliphatic hydroxyl groups excluding tert-OH is 1. The fourth-order valence-electron chi connectivity index (χ4n) is 0. The van der Waals surface area contributed by atoms with Gasteiger partial charge in [-0.25, -0.2) is 0 Å². The molecule has 0 bridgehead atoms. The Bertz CT molecular complexity index is 17.2. The van der Waals surface area contributed by atoms with E-state index in [1.165, 1.54) is 0 Å². The third-order valence-corrected chi connectivity index (χ3v) is 0. The molecule has 0 rings (SSSR count). The minimum absolute atomic E-state index is 0. The maximum Gasteiger partial charge on any atom is 0.0319 e. The Morgan fingerprint density at radius 1 is 1.00 bits per heavy atom. The molecule has 0 heterocycles. The van der Waals surface area contributed by atoms with Gasteiger partial charge in [-0.3, -0.25) is 0 Å². The number of nitrogens with one attached hydrogen (secondary N) is 1. The van der Waals surface area contributed by atoms with Crippen molar-refractivity contribution >= 4 is 24.8 Å². The van der Waals surface area contributed by atoms with E-state index < -0.39 is 0 Å². The normalized spacial score (nSPS) is 3.00. The van der Waals surface area contributed by atoms with Crippen LogP contribution >= 0.6 is 24.8 Å². The summed E-state index contributed by atoms with van der Waals surface area (Å²) in [6.45, 7) is 0. The minimum atomic E-state index is 0. The Balaban J connectivity index is -0.00000000567. The van der Waals surface area contributed by atoms with Gasteiger partial charge in [0.1, 0.15) is 0 Å². The Morgan fingerprint density at radius 3 is 1.00 bits per heavy atom. The van der Waals surface area contributed by atoms with Crippen molar-refractivity contribution in [2.45, 2.75) is 0 Å². The maximum absolute atomic E-state index is 7.00. The van der Waals surface area contributed by atoms with E-state index in [0.29, 0.717) is 0 Å². The summed E-state index contributed by atoms with van der Waals surface area (Å²) in [5.41, 5.74) is 0. The molecule has 0 aromatic rings. The molecule has 0 aliphatic rings. The fraction of sp³-hybridized carbons (Fsp3) is 1.00. The van der Waals surface area contributed by atoms with Crippen LogP contribution in [-0.2, 0) is 17.1 Å². The molecule has 0 spiro atoms. The number of hydrogen-bond acceptors (Lipinski definition) is 2. The van der Waals surface area contributed by atoms with E-state index in [2.05, 4.69) is 5.32 Å². The van der Waals surface area contributed by atoms with Crippen molar-refractivity contribution in [3.63, 3.8) is 0 Å². The van der Waals surface area contributed by atoms with Crippen molar-refractivity contribution in [2.75, 3.05) is 21.2 Å². The molecule has 0 unspecified atom stereocenters. The molecule has 0 saturated heterocycles. The van der Waals surface area contributed by atoms with Crippen LogP contribution in [-0.4, -0.2) is 26.3 Å². The third-order valence-electron chi connectivity index (χ3n) is 0. The molecule has 58 valence electrons. The van der Waals surface area contributed by atoms with E-state index in [0.717, 1.165) is 7.11 Å². The summed E-state index contributed by atoms with van der Waals surface area (Å²) in [5.74, 6) is 0. The van der Waals surface area contributed by atoms with Crippen LogP contribution in [0.1, 0.15) is 0 Å². The van der Waals surface area contributed by atoms with Crippen LogP contribution in [0.15, 0.2) is 0 Å². The van der Waals surface area contributed by atoms with Gasteiger partial charge in [0, 0.05) is 24.2 Å². The second kappa shape index (κ2) is 96.9. The van der Waals surface area contributed by atoms with Crippen LogP contribution in [0.5, 0.6) is 0 Å². The van der Waals surface area contributed by atoms with Gasteiger partial charge < -0.3 is 10.4 Å². The van der Waals surface area contributed by atoms with E-state index in [9.17, 15) is 0 Å². The molecule has 0 aromatic carbocycles. The van der Waals surface area contributed by atoms with Gasteiger partial charge in [0.2, 0.25) is 0 Å². The average molecular weight is 206 g/mol. The van der Waals surface area contributed by atoms with E-state index in [4.69, 9.17) is 5.11 Å². The van der Waals surface area contributed by atoms with E-state index in [1.54, 1.807) is 0 Å². The zero-order chi connectivity index (χ0) is 4.71. The molecular weight excluding hydrogens is 193 g/mol. The van der Waals surface area contributed by atoms with Gasteiger partial charge in [-0.2, -0.15) is 0 Å². The van der Waals surface area contributed by atoms with Crippen molar-refractivity contribution in [3.8, 4) is 0 Å². The van der Waals surface area contributed by atoms with Gasteiger partial charge >= 0.3 is 0 Å². The van der Waals surface area contributed by atoms with Gasteiger partial charge in [-0.1, -0.05) is 0 Å². The number of halogens is 2. The molecule has 0 aliphatic heterocycles. The Kier molecular flexibility index (Phi) is 435. The van der Waals surface area contributed by atoms with Crippen LogP contribution in [0.4, 0.5) is 0 Å². The molecule has 2 N–H and O–H groups in total. The predicted molar refractivity (Wildman–Crippen MR) is 37.6 cm³/mol. The number of hydrogen-bond donors (Lipinski definition) is 2. The van der Waals surface area contributed by atoms with Gasteiger partial charge in [0.25, 0.3) is 0 Å². The first kappa shape index (κ1) is 35.9. The van der Waals surface area contributed by atoms with E-state index in [1.807, 2.05) is 14.1 Å². The van der Waals surface area contributed by atoms with Crippen molar-refractivity contribution in [1.82, 2.24) is 5.32 Å². The first-order valence-corrected chi connectivity index (χ1v) is 1.45. The van der Waals surface area contributed by atoms with Crippen molar-refractivity contribution in [2.24, 2.45) is 0 Å². The molecule has 0 fully saturated rings. The van der Waals surface area contributed by atoms with Gasteiger partial charge in [-0.05, 0) is 14.1 Å². The Hall–Kier alpha value is 1.02. The quantitative estimate of drug-likeness (QED) is 0.558. The third kappa shape index (κ3) is 245. The molecule has 8 heavy (non-hydrogen) atoms. The largest absolute Gasteiger partial charge is 0.400 e. The molecule has 0 aromatic heterocycles. The molecule has 0 aliphatic carbocycles. The molecule has 5 heteroatoms. The minimum Gasteiger partial charge on any atom is -0.400 e. The molecule has 0 radical (unpaired) electrons. The van der Waals surface area contributed by atoms with Crippen molar-refractivity contribution < 1.29 is 22.2 Å². The first-order chi connectivity index (χ1) is 2.41. The number of aliphatic hydroxyl groups is 1. The standard InChI is InChI=1S/C2H7N.CH4O.2ClH.Fe/c1-3-2;1-2;;;/h3H,1-2H3;2H,1H3;2*1H;. The van der Waals surface area contributed by atoms with Crippen LogP contribution in [0.3, 0.4) is 0 Å². The summed E-state index contributed by atoms with van der Waals surface area (Å²) < 4.78 is 0. The summed E-state index contributed by atoms with van der Waals surface area (Å²) in [7, 11) is 4.75. The van der Waals surface area contributed by atoms with Crippen LogP contribution < -0.4 is 5.32 Å². The maximum atomic E-state index is 7.00. The second-order valence-electron chi connectivity index (χ2n) is 0.500. The Labute approximate surface area is 73.7 Å². The summed E-state index contributed by atoms with van der Waals surface area (Å²) in [4.78, 5) is 0. The zero-order valence-corrected chi connectivity index (χ0v) is 7.85. The van der Waals surface area contributed by atoms with Crippen LogP contribution in [0.25, 0.3) is 0 Å². The second-order valence-corrected chi connectivity index (χ2v) is 0.500. The molecule has 0 amide bonds. The molecule has 2 nitrogen and oxygen atoms in total. The monoisotopic (exact) mass is 205 g/mol. The first-order valence-electron chi connectivity index (χ1n) is 1.45. The van der Waals surface area contributed by atoms with E-state index >= 15 is 0 Å². The molecular formula is C3H13Cl2FeNO. The number of rotatable bonds is 0. The van der Waals surface area contributed by atoms with Crippen molar-refractivity contribution in [1.29, 1.82) is 0 Å². The van der Waals surface area contributed by atoms with Gasteiger partial charge in [-0.15, -0.1) is 24.8 Å². The van der Waals surface area contributed by atoms with E-state index in [-0.39, 0.29) is 41.9 Å². The average Bonchev–Trinajstić information content (AvgIpc) is 1.46. The zero-order valence-electron chi connectivity index (χ0n) is 5.12. The SMILES string of the molecule is CNC.CO.Cl.Cl.[Fe]. The molecule has 0 saturated carbocycles. The topological polar surface area (TPSA) is 32.3 Å². The van der Waals surface area contributed by atoms with Crippen LogP contribution in [0.2, 0.25) is 0 Å². The van der Waals surface area contributed by atoms with Crippen LogP contribution in [0, 0.1) is 0 Å². The fourth-order valence-corrected chi connectivity index (χ4v) is 0. The summed E-state index contributed by atoms with van der Waals surface area (Å²) in [5, 5.41) is 9.75. The molecule has 0 atom stereocenters. The summed E-state index contributed by atoms with van der Waals surface area (Å²) >= 11 is 0. The smallest absolute Gasteiger partial charge is 0.0319 e. The van der Waals surface area contributed by atoms with Crippen molar-refractivity contribution in [3.05, 3.63) is 0 Å². The summed E-state index contributed by atoms with van der Waals surface area (Å²) in [6, 6.07) is 0. The summed E-state index contributed by atoms with van der Waals surface area (Å²) in [6.07, 6.45) is 0. The van der Waals surface area contributed by atoms with Gasteiger partial charge in [0.05, 0.1) is 0 Å². The Morgan fingerprint density at radius 2 is 1.00 bits per heavy atom.